The summed E-state index contributed by atoms with van der Waals surface area (Å²) in [5, 5.41) is 2.88. The highest BCUT2D eigenvalue weighted by molar-refractivity contribution is 5.94. The van der Waals surface area contributed by atoms with Crippen molar-refractivity contribution in [2.45, 2.75) is 20.3 Å². The van der Waals surface area contributed by atoms with Crippen LogP contribution in [0.1, 0.15) is 30.6 Å². The van der Waals surface area contributed by atoms with Gasteiger partial charge < -0.3 is 14.8 Å². The van der Waals surface area contributed by atoms with E-state index < -0.39 is 0 Å². The minimum atomic E-state index is -0.0865. The lowest BCUT2D eigenvalue weighted by atomic mass is 10.1. The maximum absolute atomic E-state index is 11.9. The molecule has 0 radical (unpaired) electrons. The van der Waals surface area contributed by atoms with Gasteiger partial charge in [0.2, 0.25) is 0 Å². The van der Waals surface area contributed by atoms with Gasteiger partial charge in [0.25, 0.3) is 5.91 Å². The van der Waals surface area contributed by atoms with Gasteiger partial charge in [-0.1, -0.05) is 13.8 Å². The number of carbonyl (C=O) groups excluding carboxylic acids is 1. The zero-order chi connectivity index (χ0) is 13.5. The Morgan fingerprint density at radius 3 is 2.44 bits per heavy atom. The van der Waals surface area contributed by atoms with Crippen LogP contribution in [0.4, 0.5) is 0 Å². The summed E-state index contributed by atoms with van der Waals surface area (Å²) in [5.41, 5.74) is 0.580. The molecule has 4 nitrogen and oxygen atoms in total. The molecule has 1 aromatic rings. The Labute approximate surface area is 108 Å². The molecule has 1 N–H and O–H groups in total. The second-order valence-corrected chi connectivity index (χ2v) is 4.51. The Morgan fingerprint density at radius 1 is 1.22 bits per heavy atom. The zero-order valence-electron chi connectivity index (χ0n) is 11.4. The molecule has 0 unspecified atom stereocenters. The van der Waals surface area contributed by atoms with Gasteiger partial charge in [-0.2, -0.15) is 0 Å². The smallest absolute Gasteiger partial charge is 0.251 e. The van der Waals surface area contributed by atoms with Crippen LogP contribution in [0.25, 0.3) is 0 Å². The highest BCUT2D eigenvalue weighted by atomic mass is 16.5. The third-order valence-corrected chi connectivity index (χ3v) is 2.65. The summed E-state index contributed by atoms with van der Waals surface area (Å²) < 4.78 is 10.3. The van der Waals surface area contributed by atoms with Gasteiger partial charge in [-0.15, -0.1) is 0 Å². The molecule has 0 heterocycles. The second-order valence-electron chi connectivity index (χ2n) is 4.51. The first-order valence-corrected chi connectivity index (χ1v) is 6.08. The molecule has 0 aliphatic carbocycles. The summed E-state index contributed by atoms with van der Waals surface area (Å²) in [6.45, 7) is 4.94. The van der Waals surface area contributed by atoms with Gasteiger partial charge in [-0.05, 0) is 30.5 Å². The van der Waals surface area contributed by atoms with Crippen molar-refractivity contribution in [1.29, 1.82) is 0 Å². The lowest BCUT2D eigenvalue weighted by Crippen LogP contribution is -2.25. The number of rotatable bonds is 6. The maximum atomic E-state index is 11.9. The Kier molecular flexibility index (Phi) is 5.49. The van der Waals surface area contributed by atoms with E-state index in [2.05, 4.69) is 19.2 Å². The van der Waals surface area contributed by atoms with Crippen LogP contribution in [-0.2, 0) is 0 Å². The molecule has 0 saturated heterocycles. The SMILES string of the molecule is COc1ccc(C(=O)NCCC(C)C)cc1OC. The van der Waals surface area contributed by atoms with E-state index >= 15 is 0 Å². The molecule has 4 heteroatoms. The van der Waals surface area contributed by atoms with Crippen molar-refractivity contribution in [2.75, 3.05) is 20.8 Å². The van der Waals surface area contributed by atoms with Crippen LogP contribution in [0.3, 0.4) is 0 Å². The van der Waals surface area contributed by atoms with Crippen molar-refractivity contribution in [3.05, 3.63) is 23.8 Å². The minimum absolute atomic E-state index is 0.0865. The van der Waals surface area contributed by atoms with Crippen LogP contribution in [0.2, 0.25) is 0 Å². The number of methoxy groups -OCH3 is 2. The molecule has 0 saturated carbocycles. The summed E-state index contributed by atoms with van der Waals surface area (Å²) in [6, 6.07) is 5.14. The third kappa shape index (κ3) is 3.95. The standard InChI is InChI=1S/C14H21NO3/c1-10(2)7-8-15-14(16)11-5-6-12(17-3)13(9-11)18-4/h5-6,9-10H,7-8H2,1-4H3,(H,15,16). The first-order valence-electron chi connectivity index (χ1n) is 6.08. The quantitative estimate of drug-likeness (QED) is 0.845. The molecule has 1 rings (SSSR count). The normalized spacial score (nSPS) is 10.3. The largest absolute Gasteiger partial charge is 0.493 e. The predicted molar refractivity (Wildman–Crippen MR) is 71.3 cm³/mol. The van der Waals surface area contributed by atoms with Crippen LogP contribution in [0, 0.1) is 5.92 Å². The predicted octanol–water partition coefficient (Wildman–Crippen LogP) is 2.48. The number of hydrogen-bond acceptors (Lipinski definition) is 3. The molecule has 100 valence electrons. The number of carbonyl (C=O) groups is 1. The monoisotopic (exact) mass is 251 g/mol. The van der Waals surface area contributed by atoms with E-state index in [9.17, 15) is 4.79 Å². The van der Waals surface area contributed by atoms with Crippen molar-refractivity contribution in [3.8, 4) is 11.5 Å². The van der Waals surface area contributed by atoms with Gasteiger partial charge >= 0.3 is 0 Å². The number of amides is 1. The summed E-state index contributed by atoms with van der Waals surface area (Å²) in [7, 11) is 3.12. The number of ether oxygens (including phenoxy) is 2. The average Bonchev–Trinajstić information content (AvgIpc) is 2.37. The Balaban J connectivity index is 2.68. The van der Waals surface area contributed by atoms with Crippen molar-refractivity contribution in [2.24, 2.45) is 5.92 Å². The number of hydrogen-bond donors (Lipinski definition) is 1. The fraction of sp³-hybridized carbons (Fsp3) is 0.500. The molecular weight excluding hydrogens is 230 g/mol. The highest BCUT2D eigenvalue weighted by Crippen LogP contribution is 2.27. The molecule has 0 atom stereocenters. The minimum Gasteiger partial charge on any atom is -0.493 e. The van der Waals surface area contributed by atoms with Gasteiger partial charge in [-0.25, -0.2) is 0 Å². The van der Waals surface area contributed by atoms with E-state index in [1.807, 2.05) is 0 Å². The van der Waals surface area contributed by atoms with Crippen LogP contribution in [0.15, 0.2) is 18.2 Å². The van der Waals surface area contributed by atoms with Crippen LogP contribution >= 0.6 is 0 Å². The summed E-state index contributed by atoms with van der Waals surface area (Å²) in [6.07, 6.45) is 0.971. The van der Waals surface area contributed by atoms with Gasteiger partial charge in [0.15, 0.2) is 11.5 Å². The topological polar surface area (TPSA) is 47.6 Å². The van der Waals surface area contributed by atoms with Gasteiger partial charge in [0, 0.05) is 12.1 Å². The molecule has 0 fully saturated rings. The van der Waals surface area contributed by atoms with Gasteiger partial charge in [-0.3, -0.25) is 4.79 Å². The van der Waals surface area contributed by atoms with E-state index in [0.717, 1.165) is 6.42 Å². The van der Waals surface area contributed by atoms with Crippen LogP contribution < -0.4 is 14.8 Å². The first-order chi connectivity index (χ1) is 8.58. The lowest BCUT2D eigenvalue weighted by Gasteiger charge is -2.10. The lowest BCUT2D eigenvalue weighted by molar-refractivity contribution is 0.0951. The summed E-state index contributed by atoms with van der Waals surface area (Å²) in [4.78, 5) is 11.9. The highest BCUT2D eigenvalue weighted by Gasteiger charge is 2.10. The molecule has 0 aromatic heterocycles. The fourth-order valence-electron chi connectivity index (χ4n) is 1.55. The molecule has 0 aliphatic heterocycles. The van der Waals surface area contributed by atoms with Crippen molar-refractivity contribution in [1.82, 2.24) is 5.32 Å². The second kappa shape index (κ2) is 6.89. The number of benzene rings is 1. The Hall–Kier alpha value is -1.71. The molecule has 0 aliphatic rings. The maximum Gasteiger partial charge on any atom is 0.251 e. The summed E-state index contributed by atoms with van der Waals surface area (Å²) in [5.74, 6) is 1.68. The molecule has 1 amide bonds. The summed E-state index contributed by atoms with van der Waals surface area (Å²) >= 11 is 0. The number of nitrogens with one attached hydrogen (secondary N) is 1. The van der Waals surface area contributed by atoms with Gasteiger partial charge in [0.05, 0.1) is 14.2 Å². The Morgan fingerprint density at radius 2 is 1.89 bits per heavy atom. The molecule has 0 spiro atoms. The molecule has 1 aromatic carbocycles. The van der Waals surface area contributed by atoms with Crippen molar-refractivity contribution in [3.63, 3.8) is 0 Å². The van der Waals surface area contributed by atoms with E-state index in [0.29, 0.717) is 29.5 Å². The van der Waals surface area contributed by atoms with E-state index in [-0.39, 0.29) is 5.91 Å². The molecule has 0 bridgehead atoms. The van der Waals surface area contributed by atoms with Crippen molar-refractivity contribution >= 4 is 5.91 Å². The Bertz CT molecular complexity index is 402. The zero-order valence-corrected chi connectivity index (χ0v) is 11.4. The van der Waals surface area contributed by atoms with Crippen molar-refractivity contribution < 1.29 is 14.3 Å². The third-order valence-electron chi connectivity index (χ3n) is 2.65. The van der Waals surface area contributed by atoms with E-state index in [4.69, 9.17) is 9.47 Å². The van der Waals surface area contributed by atoms with Crippen LogP contribution in [-0.4, -0.2) is 26.7 Å². The fourth-order valence-corrected chi connectivity index (χ4v) is 1.55. The van der Waals surface area contributed by atoms with Gasteiger partial charge in [0.1, 0.15) is 0 Å². The average molecular weight is 251 g/mol. The first kappa shape index (κ1) is 14.4. The molecular formula is C14H21NO3. The molecule has 18 heavy (non-hydrogen) atoms. The van der Waals surface area contributed by atoms with E-state index in [1.165, 1.54) is 0 Å². The van der Waals surface area contributed by atoms with Crippen LogP contribution in [0.5, 0.6) is 11.5 Å². The van der Waals surface area contributed by atoms with E-state index in [1.54, 1.807) is 32.4 Å².